The van der Waals surface area contributed by atoms with Crippen molar-refractivity contribution in [1.29, 1.82) is 0 Å². The maximum Gasteiger partial charge on any atom is 0.410 e. The SMILES string of the molecule is CC[C@@]1(O)C(=O)OCc2c1cc1n(c2=O)Cc2c-1nc1ccccc1c2CCN(C(=O)OCc1ccc(NC(=O)[C@H](C)CC(=O)[C@@H](NC(=O)CC[C@H](N)C(=O)NCCOCCOCCOCCOCCOCCOC)C(C)C)c(O[C@@H]2O[C@H](C(=O)O)[C@@H](O)[C@H](O)[C@H]2O)c1)C(C)C. The Morgan fingerprint density at radius 3 is 2.09 bits per heavy atom. The number of hydrogen-bond donors (Lipinski definition) is 9. The second-order valence-electron chi connectivity index (χ2n) is 24.2. The number of carbonyl (C=O) groups excluding carboxylic acids is 6. The molecule has 9 atom stereocenters. The molecule has 30 heteroatoms. The van der Waals surface area contributed by atoms with Crippen LogP contribution in [0.5, 0.6) is 5.75 Å². The normalized spacial score (nSPS) is 19.8. The number of aliphatic hydroxyl groups excluding tert-OH is 3. The van der Waals surface area contributed by atoms with Crippen molar-refractivity contribution in [1.82, 2.24) is 25.1 Å². The first-order valence-electron chi connectivity index (χ1n) is 32.2. The number of carbonyl (C=O) groups is 7. The third-order valence-electron chi connectivity index (χ3n) is 16.7. The molecular weight excluding hydrogens is 1260 g/mol. The number of aliphatic carboxylic acids is 1. The van der Waals surface area contributed by atoms with Gasteiger partial charge in [0.15, 0.2) is 17.5 Å². The molecule has 96 heavy (non-hydrogen) atoms. The number of hydrogen-bond acceptors (Lipinski definition) is 24. The molecule has 3 aliphatic heterocycles. The van der Waals surface area contributed by atoms with Crippen molar-refractivity contribution in [3.8, 4) is 17.1 Å². The van der Waals surface area contributed by atoms with E-state index >= 15 is 0 Å². The van der Waals surface area contributed by atoms with Crippen molar-refractivity contribution in [2.75, 3.05) is 98.2 Å². The van der Waals surface area contributed by atoms with E-state index in [9.17, 15) is 63.9 Å². The highest BCUT2D eigenvalue weighted by molar-refractivity contribution is 5.98. The quantitative estimate of drug-likeness (QED) is 0.0199. The van der Waals surface area contributed by atoms with E-state index in [1.54, 1.807) is 52.4 Å². The Hall–Kier alpha value is -7.59. The number of methoxy groups -OCH3 is 1. The summed E-state index contributed by atoms with van der Waals surface area (Å²) in [5, 5.41) is 62.1. The largest absolute Gasteiger partial charge is 0.479 e. The van der Waals surface area contributed by atoms with Crippen LogP contribution in [0.15, 0.2) is 53.3 Å². The van der Waals surface area contributed by atoms with Crippen LogP contribution in [0, 0.1) is 11.8 Å². The summed E-state index contributed by atoms with van der Waals surface area (Å²) < 4.78 is 56.1. The van der Waals surface area contributed by atoms with Gasteiger partial charge in [0.05, 0.1) is 119 Å². The Morgan fingerprint density at radius 2 is 1.47 bits per heavy atom. The standard InChI is InChI=1S/C66H91N7O23/c1-8-66(86)45-33-49-54-43(34-73(49)61(81)44(45)36-93-64(66)84)41(42-11-9-10-12-47(42)69-54)17-19-72(38(4)5)65(85)94-35-40-13-15-48(51(32-40)95-63-57(78)55(76)56(77)58(96-63)62(82)83)70-59(79)39(6)31-50(74)53(37(2)3)71-52(75)16-14-46(67)60(80)68-18-20-88-23-24-90-27-28-92-30-29-91-26-25-89-22-21-87-7/h9-13,15,32-33,37-39,46,53,55-58,63,76-78,86H,8,14,16-31,34-36,67H2,1-7H3,(H,68,80)(H,70,79)(H,71,75)(H,82,83)/t39-,46+,53+,55+,56+,57-,58+,63-,66+/m1/s1. The smallest absolute Gasteiger partial charge is 0.410 e. The fourth-order valence-electron chi connectivity index (χ4n) is 11.1. The summed E-state index contributed by atoms with van der Waals surface area (Å²) in [6, 6.07) is 10.7. The van der Waals surface area contributed by atoms with Gasteiger partial charge in [-0.3, -0.25) is 24.0 Å². The summed E-state index contributed by atoms with van der Waals surface area (Å²) >= 11 is 0. The average molecular weight is 1350 g/mol. The molecule has 0 radical (unpaired) electrons. The zero-order valence-electron chi connectivity index (χ0n) is 55.2. The second-order valence-corrected chi connectivity index (χ2v) is 24.2. The van der Waals surface area contributed by atoms with Crippen LogP contribution in [-0.4, -0.2) is 223 Å². The molecule has 1 saturated heterocycles. The van der Waals surface area contributed by atoms with Gasteiger partial charge in [-0.2, -0.15) is 0 Å². The van der Waals surface area contributed by atoms with Crippen LogP contribution >= 0.6 is 0 Å². The molecule has 528 valence electrons. The first-order valence-corrected chi connectivity index (χ1v) is 32.2. The maximum atomic E-state index is 14.2. The highest BCUT2D eigenvalue weighted by Gasteiger charge is 2.49. The number of Topliss-reactive ketones (excluding diaryl/α,β-unsaturated/α-hetero) is 1. The summed E-state index contributed by atoms with van der Waals surface area (Å²) in [6.07, 6.45) is -11.2. The van der Waals surface area contributed by atoms with Gasteiger partial charge in [0.1, 0.15) is 37.3 Å². The van der Waals surface area contributed by atoms with Gasteiger partial charge in [-0.1, -0.05) is 52.0 Å². The molecule has 10 N–H and O–H groups in total. The molecule has 1 fully saturated rings. The van der Waals surface area contributed by atoms with E-state index in [-0.39, 0.29) is 99.7 Å². The number of fused-ring (bicyclic) bond motifs is 5. The van der Waals surface area contributed by atoms with E-state index in [2.05, 4.69) is 16.0 Å². The third-order valence-corrected chi connectivity index (χ3v) is 16.7. The van der Waals surface area contributed by atoms with Gasteiger partial charge in [0.25, 0.3) is 5.56 Å². The lowest BCUT2D eigenvalue weighted by molar-refractivity contribution is -0.271. The minimum Gasteiger partial charge on any atom is -0.479 e. The molecule has 5 heterocycles. The fraction of sp³-hybridized carbons (Fsp3) is 0.591. The van der Waals surface area contributed by atoms with Gasteiger partial charge in [-0.25, -0.2) is 19.4 Å². The van der Waals surface area contributed by atoms with Gasteiger partial charge in [-0.15, -0.1) is 0 Å². The van der Waals surface area contributed by atoms with Crippen LogP contribution in [0.4, 0.5) is 10.5 Å². The lowest BCUT2D eigenvalue weighted by Gasteiger charge is -2.38. The first kappa shape index (κ1) is 75.8. The van der Waals surface area contributed by atoms with Crippen LogP contribution in [-0.2, 0) is 103 Å². The topological polar surface area (TPSA) is 413 Å². The summed E-state index contributed by atoms with van der Waals surface area (Å²) in [7, 11) is 1.61. The predicted octanol–water partition coefficient (Wildman–Crippen LogP) is 1.57. The number of esters is 1. The predicted molar refractivity (Wildman–Crippen MR) is 342 cm³/mol. The van der Waals surface area contributed by atoms with Gasteiger partial charge in [0.2, 0.25) is 24.0 Å². The molecular formula is C66H91N7O23. The molecule has 0 unspecified atom stereocenters. The lowest BCUT2D eigenvalue weighted by Crippen LogP contribution is -2.61. The molecule has 0 saturated carbocycles. The maximum absolute atomic E-state index is 14.2. The zero-order chi connectivity index (χ0) is 69.8. The second kappa shape index (κ2) is 36.1. The minimum absolute atomic E-state index is 0.0280. The monoisotopic (exact) mass is 1350 g/mol. The molecule has 4 aromatic rings. The summed E-state index contributed by atoms with van der Waals surface area (Å²) in [5.74, 6) is -6.56. The number of nitrogens with zero attached hydrogens (tertiary/aromatic N) is 3. The molecule has 2 aromatic heterocycles. The van der Waals surface area contributed by atoms with Gasteiger partial charge >= 0.3 is 18.0 Å². The Labute approximate surface area is 555 Å². The Morgan fingerprint density at radius 1 is 0.823 bits per heavy atom. The molecule has 0 bridgehead atoms. The van der Waals surface area contributed by atoms with Crippen molar-refractivity contribution < 1.29 is 106 Å². The van der Waals surface area contributed by atoms with E-state index in [0.717, 1.165) is 16.5 Å². The lowest BCUT2D eigenvalue weighted by atomic mass is 9.86. The number of ketones is 1. The van der Waals surface area contributed by atoms with Crippen LogP contribution in [0.25, 0.3) is 22.3 Å². The number of carboxylic acids is 1. The number of para-hydroxylation sites is 1. The Kier molecular flexibility index (Phi) is 28.5. The highest BCUT2D eigenvalue weighted by Crippen LogP contribution is 2.41. The number of cyclic esters (lactones) is 1. The number of carboxylic acid groups (broad SMARTS) is 1. The third kappa shape index (κ3) is 19.6. The number of nitrogens with two attached hydrogens (primary N) is 1. The van der Waals surface area contributed by atoms with Crippen LogP contribution < -0.4 is 32.0 Å². The number of pyridine rings is 2. The molecule has 30 nitrogen and oxygen atoms in total. The zero-order valence-corrected chi connectivity index (χ0v) is 55.2. The number of aliphatic hydroxyl groups is 4. The summed E-state index contributed by atoms with van der Waals surface area (Å²) in [4.78, 5) is 113. The fourth-order valence-corrected chi connectivity index (χ4v) is 11.1. The molecule has 4 amide bonds. The minimum atomic E-state index is -2.06. The number of ether oxygens (including phenoxy) is 10. The van der Waals surface area contributed by atoms with Crippen LogP contribution in [0.3, 0.4) is 0 Å². The van der Waals surface area contributed by atoms with E-state index < -0.39 is 120 Å². The molecule has 7 rings (SSSR count). The van der Waals surface area contributed by atoms with Gasteiger partial charge in [-0.05, 0) is 74.4 Å². The summed E-state index contributed by atoms with van der Waals surface area (Å²) in [5.41, 5.74) is 7.18. The van der Waals surface area contributed by atoms with Crippen molar-refractivity contribution >= 4 is 58.1 Å². The molecule has 0 aliphatic carbocycles. The molecule has 3 aliphatic rings. The van der Waals surface area contributed by atoms with Crippen molar-refractivity contribution in [3.05, 3.63) is 86.7 Å². The van der Waals surface area contributed by atoms with E-state index in [1.165, 1.54) is 30.0 Å². The van der Waals surface area contributed by atoms with Crippen molar-refractivity contribution in [2.45, 2.75) is 148 Å². The van der Waals surface area contributed by atoms with E-state index in [4.69, 9.17) is 58.1 Å². The molecule has 2 aromatic carbocycles. The number of amides is 4. The van der Waals surface area contributed by atoms with E-state index in [1.807, 2.05) is 24.3 Å². The van der Waals surface area contributed by atoms with E-state index in [0.29, 0.717) is 76.4 Å². The van der Waals surface area contributed by atoms with Crippen LogP contribution in [0.1, 0.15) is 95.0 Å². The van der Waals surface area contributed by atoms with Crippen molar-refractivity contribution in [2.24, 2.45) is 17.6 Å². The first-order chi connectivity index (χ1) is 45.9. The number of rotatable bonds is 39. The summed E-state index contributed by atoms with van der Waals surface area (Å²) in [6.45, 7) is 14.1. The number of nitrogens with one attached hydrogen (secondary N) is 3. The Balaban J connectivity index is 0.927. The van der Waals surface area contributed by atoms with Gasteiger partial charge in [0, 0.05) is 61.5 Å². The number of aromatic nitrogens is 2. The van der Waals surface area contributed by atoms with Gasteiger partial charge < -0.3 is 104 Å². The number of benzene rings is 2. The molecule has 0 spiro atoms. The van der Waals surface area contributed by atoms with Crippen LogP contribution in [0.2, 0.25) is 0 Å². The highest BCUT2D eigenvalue weighted by atomic mass is 16.7. The average Bonchev–Trinajstić information content (AvgIpc) is 1.51. The number of anilines is 1. The Bertz CT molecular complexity index is 3400. The van der Waals surface area contributed by atoms with Crippen molar-refractivity contribution in [3.63, 3.8) is 0 Å².